The fourth-order valence-corrected chi connectivity index (χ4v) is 4.69. The predicted molar refractivity (Wildman–Crippen MR) is 155 cm³/mol. The van der Waals surface area contributed by atoms with Crippen LogP contribution in [0.1, 0.15) is 102 Å². The fraction of sp³-hybridized carbons (Fsp3) is 0.606. The van der Waals surface area contributed by atoms with Crippen LogP contribution in [-0.2, 0) is 22.5 Å². The monoisotopic (exact) mass is 510 g/mol. The Balaban J connectivity index is 1.67. The molecule has 0 aliphatic carbocycles. The molecule has 1 atom stereocenters. The standard InChI is InChI=1S/C33H52NO3/c1-5-7-8-9-10-11-12-13-14-16-20-29-23-19-24-31(27-29)36-33(6-2)37-32(35)25-26-34(3,4)28-30-21-17-15-18-22-30/h15,17-19,21-24,27,33H,5-14,16,20,25-26,28H2,1-4H3/q+1. The van der Waals surface area contributed by atoms with Gasteiger partial charge in [-0.2, -0.15) is 0 Å². The van der Waals surface area contributed by atoms with Crippen LogP contribution >= 0.6 is 0 Å². The van der Waals surface area contributed by atoms with Gasteiger partial charge in [0.25, 0.3) is 0 Å². The summed E-state index contributed by atoms with van der Waals surface area (Å²) in [6, 6.07) is 18.7. The molecule has 0 bridgehead atoms. The summed E-state index contributed by atoms with van der Waals surface area (Å²) in [5.41, 5.74) is 2.56. The topological polar surface area (TPSA) is 35.5 Å². The van der Waals surface area contributed by atoms with Gasteiger partial charge in [-0.25, -0.2) is 0 Å². The molecule has 0 spiro atoms. The maximum absolute atomic E-state index is 12.6. The third-order valence-electron chi connectivity index (χ3n) is 6.96. The van der Waals surface area contributed by atoms with Gasteiger partial charge >= 0.3 is 5.97 Å². The second-order valence-electron chi connectivity index (χ2n) is 11.1. The van der Waals surface area contributed by atoms with Crippen LogP contribution in [0.5, 0.6) is 5.75 Å². The minimum atomic E-state index is -0.551. The van der Waals surface area contributed by atoms with Crippen LogP contribution in [0, 0.1) is 0 Å². The van der Waals surface area contributed by atoms with Crippen molar-refractivity contribution in [3.63, 3.8) is 0 Å². The van der Waals surface area contributed by atoms with E-state index >= 15 is 0 Å². The number of esters is 1. The first-order valence-corrected chi connectivity index (χ1v) is 14.7. The summed E-state index contributed by atoms with van der Waals surface area (Å²) >= 11 is 0. The van der Waals surface area contributed by atoms with E-state index in [0.717, 1.165) is 29.7 Å². The summed E-state index contributed by atoms with van der Waals surface area (Å²) in [6.45, 7) is 5.86. The lowest BCUT2D eigenvalue weighted by molar-refractivity contribution is -0.903. The Morgan fingerprint density at radius 1 is 0.784 bits per heavy atom. The molecule has 1 unspecified atom stereocenters. The molecule has 0 radical (unpaired) electrons. The van der Waals surface area contributed by atoms with Crippen LogP contribution in [0.3, 0.4) is 0 Å². The molecule has 0 N–H and O–H groups in total. The minimum absolute atomic E-state index is 0.201. The molecule has 0 heterocycles. The van der Waals surface area contributed by atoms with E-state index in [9.17, 15) is 4.79 Å². The predicted octanol–water partition coefficient (Wildman–Crippen LogP) is 8.47. The van der Waals surface area contributed by atoms with Crippen molar-refractivity contribution in [2.24, 2.45) is 0 Å². The lowest BCUT2D eigenvalue weighted by Crippen LogP contribution is -2.41. The van der Waals surface area contributed by atoms with Gasteiger partial charge < -0.3 is 14.0 Å². The number of nitrogens with zero attached hydrogens (tertiary/aromatic N) is 1. The van der Waals surface area contributed by atoms with E-state index in [1.807, 2.05) is 25.1 Å². The van der Waals surface area contributed by atoms with Crippen molar-refractivity contribution in [3.05, 3.63) is 65.7 Å². The smallest absolute Gasteiger partial charge is 0.314 e. The summed E-state index contributed by atoms with van der Waals surface area (Å²) in [5.74, 6) is 0.581. The number of unbranched alkanes of at least 4 members (excludes halogenated alkanes) is 9. The third kappa shape index (κ3) is 14.3. The second-order valence-corrected chi connectivity index (χ2v) is 11.1. The lowest BCUT2D eigenvalue weighted by atomic mass is 10.0. The second kappa shape index (κ2) is 18.0. The first-order chi connectivity index (χ1) is 17.9. The number of carbonyl (C=O) groups is 1. The number of hydrogen-bond donors (Lipinski definition) is 0. The van der Waals surface area contributed by atoms with Gasteiger partial charge in [0.15, 0.2) is 0 Å². The van der Waals surface area contributed by atoms with Crippen molar-refractivity contribution in [2.75, 3.05) is 20.6 Å². The number of hydrogen-bond acceptors (Lipinski definition) is 3. The molecular formula is C33H52NO3+. The van der Waals surface area contributed by atoms with Crippen LogP contribution < -0.4 is 4.74 Å². The summed E-state index contributed by atoms with van der Waals surface area (Å²) < 4.78 is 12.5. The number of rotatable bonds is 20. The van der Waals surface area contributed by atoms with E-state index in [-0.39, 0.29) is 5.97 Å². The van der Waals surface area contributed by atoms with Gasteiger partial charge in [0, 0.05) is 12.0 Å². The highest BCUT2D eigenvalue weighted by molar-refractivity contribution is 5.69. The van der Waals surface area contributed by atoms with Crippen LogP contribution in [0.2, 0.25) is 0 Å². The fourth-order valence-electron chi connectivity index (χ4n) is 4.69. The van der Waals surface area contributed by atoms with E-state index in [1.165, 1.54) is 75.3 Å². The molecule has 4 nitrogen and oxygen atoms in total. The van der Waals surface area contributed by atoms with E-state index < -0.39 is 6.29 Å². The first kappa shape index (κ1) is 30.9. The molecule has 4 heteroatoms. The third-order valence-corrected chi connectivity index (χ3v) is 6.96. The van der Waals surface area contributed by atoms with Crippen LogP contribution in [0.25, 0.3) is 0 Å². The van der Waals surface area contributed by atoms with Crippen molar-refractivity contribution >= 4 is 5.97 Å². The molecule has 0 fully saturated rings. The molecule has 0 aliphatic rings. The molecular weight excluding hydrogens is 458 g/mol. The molecule has 2 aromatic rings. The zero-order valence-corrected chi connectivity index (χ0v) is 24.1. The maximum atomic E-state index is 12.6. The summed E-state index contributed by atoms with van der Waals surface area (Å²) in [7, 11) is 4.29. The number of aryl methyl sites for hydroxylation is 1. The minimum Gasteiger partial charge on any atom is -0.455 e. The van der Waals surface area contributed by atoms with Crippen molar-refractivity contribution < 1.29 is 18.8 Å². The number of benzene rings is 2. The lowest BCUT2D eigenvalue weighted by Gasteiger charge is -2.29. The Hall–Kier alpha value is -2.33. The molecule has 0 aromatic heterocycles. The molecule has 0 saturated carbocycles. The van der Waals surface area contributed by atoms with Gasteiger partial charge in [0.1, 0.15) is 12.3 Å². The van der Waals surface area contributed by atoms with Gasteiger partial charge in [0.2, 0.25) is 6.29 Å². The van der Waals surface area contributed by atoms with Gasteiger partial charge in [-0.1, -0.05) is 114 Å². The van der Waals surface area contributed by atoms with E-state index in [0.29, 0.717) is 12.8 Å². The summed E-state index contributed by atoms with van der Waals surface area (Å²) in [4.78, 5) is 12.6. The zero-order chi connectivity index (χ0) is 26.8. The van der Waals surface area contributed by atoms with Crippen molar-refractivity contribution in [1.29, 1.82) is 0 Å². The Morgan fingerprint density at radius 2 is 1.41 bits per heavy atom. The molecule has 37 heavy (non-hydrogen) atoms. The molecule has 0 amide bonds. The van der Waals surface area contributed by atoms with Gasteiger partial charge in [0.05, 0.1) is 27.1 Å². The number of carbonyl (C=O) groups excluding carboxylic acids is 1. The van der Waals surface area contributed by atoms with E-state index in [4.69, 9.17) is 9.47 Å². The molecule has 0 aliphatic heterocycles. The van der Waals surface area contributed by atoms with Gasteiger partial charge in [-0.3, -0.25) is 4.79 Å². The van der Waals surface area contributed by atoms with Gasteiger partial charge in [-0.05, 0) is 30.5 Å². The van der Waals surface area contributed by atoms with Crippen LogP contribution in [0.15, 0.2) is 54.6 Å². The average molecular weight is 511 g/mol. The highest BCUT2D eigenvalue weighted by atomic mass is 16.7. The van der Waals surface area contributed by atoms with Crippen molar-refractivity contribution in [3.8, 4) is 5.75 Å². The first-order valence-electron chi connectivity index (χ1n) is 14.7. The quantitative estimate of drug-likeness (QED) is 0.0775. The normalized spacial score (nSPS) is 12.3. The Kier molecular flexibility index (Phi) is 15.0. The summed E-state index contributed by atoms with van der Waals surface area (Å²) in [6.07, 6.45) is 15.0. The Bertz CT molecular complexity index is 865. The molecule has 206 valence electrons. The molecule has 2 rings (SSSR count). The SMILES string of the molecule is CCCCCCCCCCCCc1cccc(OC(CC)OC(=O)CC[N+](C)(C)Cc2ccccc2)c1. The number of quaternary nitrogens is 1. The van der Waals surface area contributed by atoms with Crippen LogP contribution in [-0.4, -0.2) is 37.4 Å². The highest BCUT2D eigenvalue weighted by Gasteiger charge is 2.21. The number of ether oxygens (including phenoxy) is 2. The largest absolute Gasteiger partial charge is 0.455 e. The van der Waals surface area contributed by atoms with Crippen LogP contribution in [0.4, 0.5) is 0 Å². The highest BCUT2D eigenvalue weighted by Crippen LogP contribution is 2.19. The van der Waals surface area contributed by atoms with E-state index in [1.54, 1.807) is 0 Å². The summed E-state index contributed by atoms with van der Waals surface area (Å²) in [5, 5.41) is 0. The van der Waals surface area contributed by atoms with Gasteiger partial charge in [-0.15, -0.1) is 0 Å². The average Bonchev–Trinajstić information content (AvgIpc) is 2.89. The zero-order valence-electron chi connectivity index (χ0n) is 24.1. The van der Waals surface area contributed by atoms with Crippen molar-refractivity contribution in [1.82, 2.24) is 0 Å². The maximum Gasteiger partial charge on any atom is 0.314 e. The molecule has 2 aromatic carbocycles. The van der Waals surface area contributed by atoms with Crippen molar-refractivity contribution in [2.45, 2.75) is 110 Å². The Morgan fingerprint density at radius 3 is 2.05 bits per heavy atom. The Labute approximate surface area is 227 Å². The van der Waals surface area contributed by atoms with E-state index in [2.05, 4.69) is 57.4 Å². The molecule has 0 saturated heterocycles.